The summed E-state index contributed by atoms with van der Waals surface area (Å²) in [5.41, 5.74) is 3.71. The molecule has 3 nitrogen and oxygen atoms in total. The van der Waals surface area contributed by atoms with Crippen LogP contribution in [0.1, 0.15) is 26.5 Å². The van der Waals surface area contributed by atoms with Crippen molar-refractivity contribution in [3.8, 4) is 11.3 Å². The van der Waals surface area contributed by atoms with E-state index in [-0.39, 0.29) is 5.54 Å². The molecular formula is C16H18F2N2OS. The van der Waals surface area contributed by atoms with E-state index >= 15 is 0 Å². The summed E-state index contributed by atoms with van der Waals surface area (Å²) in [6, 6.07) is 10.5. The fourth-order valence-electron chi connectivity index (χ4n) is 1.67. The van der Waals surface area contributed by atoms with Gasteiger partial charge in [0.15, 0.2) is 0 Å². The van der Waals surface area contributed by atoms with E-state index in [1.165, 1.54) is 0 Å². The quantitative estimate of drug-likeness (QED) is 0.478. The summed E-state index contributed by atoms with van der Waals surface area (Å²) in [5, 5.41) is 4.11. The average molecular weight is 324 g/mol. The largest absolute Gasteiger partial charge is 0.455 e. The maximum absolute atomic E-state index is 12.3. The SMILES string of the molecule is CC(C)(C)NN=Cc1ccc(-c2ccc(SC(F)F)cc2)o1. The third kappa shape index (κ3) is 5.18. The lowest BCUT2D eigenvalue weighted by Crippen LogP contribution is -2.31. The van der Waals surface area contributed by atoms with E-state index in [0.29, 0.717) is 28.2 Å². The summed E-state index contributed by atoms with van der Waals surface area (Å²) < 4.78 is 30.2. The second kappa shape index (κ2) is 6.96. The summed E-state index contributed by atoms with van der Waals surface area (Å²) in [6.07, 6.45) is 1.61. The van der Waals surface area contributed by atoms with Crippen LogP contribution in [0.5, 0.6) is 0 Å². The first-order valence-corrected chi connectivity index (χ1v) is 7.67. The van der Waals surface area contributed by atoms with Crippen LogP contribution in [-0.2, 0) is 0 Å². The van der Waals surface area contributed by atoms with Crippen molar-refractivity contribution >= 4 is 18.0 Å². The highest BCUT2D eigenvalue weighted by Gasteiger charge is 2.08. The number of nitrogens with zero attached hydrogens (tertiary/aromatic N) is 1. The van der Waals surface area contributed by atoms with Gasteiger partial charge in [-0.05, 0) is 45.0 Å². The van der Waals surface area contributed by atoms with Gasteiger partial charge in [-0.25, -0.2) is 0 Å². The number of halogens is 2. The van der Waals surface area contributed by atoms with Crippen LogP contribution in [-0.4, -0.2) is 17.5 Å². The molecule has 0 aliphatic rings. The first-order chi connectivity index (χ1) is 10.3. The molecule has 0 saturated carbocycles. The van der Waals surface area contributed by atoms with Crippen LogP contribution in [0.4, 0.5) is 8.78 Å². The standard InChI is InChI=1S/C16H18F2N2OS/c1-16(2,3)20-19-10-12-6-9-14(21-12)11-4-7-13(8-5-11)22-15(17)18/h4-10,15,20H,1-3H3. The van der Waals surface area contributed by atoms with Gasteiger partial charge in [-0.1, -0.05) is 23.9 Å². The van der Waals surface area contributed by atoms with Gasteiger partial charge in [0.25, 0.3) is 5.76 Å². The summed E-state index contributed by atoms with van der Waals surface area (Å²) in [4.78, 5) is 0.529. The van der Waals surface area contributed by atoms with Crippen LogP contribution in [0.25, 0.3) is 11.3 Å². The number of hydrazone groups is 1. The van der Waals surface area contributed by atoms with E-state index in [2.05, 4.69) is 10.5 Å². The normalized spacial score (nSPS) is 12.3. The van der Waals surface area contributed by atoms with Crippen molar-refractivity contribution in [2.75, 3.05) is 0 Å². The Kier molecular flexibility index (Phi) is 5.24. The van der Waals surface area contributed by atoms with E-state index in [4.69, 9.17) is 4.42 Å². The van der Waals surface area contributed by atoms with Gasteiger partial charge in [0, 0.05) is 16.0 Å². The molecule has 0 aliphatic heterocycles. The summed E-state index contributed by atoms with van der Waals surface area (Å²) in [5.74, 6) is -1.11. The van der Waals surface area contributed by atoms with Gasteiger partial charge in [-0.15, -0.1) is 0 Å². The van der Waals surface area contributed by atoms with Crippen molar-refractivity contribution in [1.82, 2.24) is 5.43 Å². The maximum Gasteiger partial charge on any atom is 0.288 e. The molecule has 1 aromatic heterocycles. The van der Waals surface area contributed by atoms with Crippen molar-refractivity contribution in [1.29, 1.82) is 0 Å². The maximum atomic E-state index is 12.3. The van der Waals surface area contributed by atoms with Crippen LogP contribution in [0, 0.1) is 0 Å². The highest BCUT2D eigenvalue weighted by Crippen LogP contribution is 2.28. The third-order valence-corrected chi connectivity index (χ3v) is 3.31. The Morgan fingerprint density at radius 3 is 2.41 bits per heavy atom. The first-order valence-electron chi connectivity index (χ1n) is 6.79. The lowest BCUT2D eigenvalue weighted by molar-refractivity contribution is 0.252. The number of furan rings is 1. The molecule has 1 N–H and O–H groups in total. The average Bonchev–Trinajstić information content (AvgIpc) is 2.86. The minimum Gasteiger partial charge on any atom is -0.455 e. The molecule has 0 atom stereocenters. The molecule has 2 rings (SSSR count). The molecule has 0 radical (unpaired) electrons. The molecule has 2 aromatic rings. The second-order valence-electron chi connectivity index (χ2n) is 5.72. The molecule has 0 saturated heterocycles. The Hall–Kier alpha value is -1.82. The molecule has 6 heteroatoms. The third-order valence-electron chi connectivity index (χ3n) is 2.58. The molecule has 0 amide bonds. The molecule has 118 valence electrons. The summed E-state index contributed by atoms with van der Waals surface area (Å²) in [7, 11) is 0. The van der Waals surface area contributed by atoms with Crippen molar-refractivity contribution in [3.05, 3.63) is 42.2 Å². The van der Waals surface area contributed by atoms with E-state index in [9.17, 15) is 8.78 Å². The Morgan fingerprint density at radius 2 is 1.82 bits per heavy atom. The molecule has 22 heavy (non-hydrogen) atoms. The highest BCUT2D eigenvalue weighted by atomic mass is 32.2. The molecule has 1 aromatic carbocycles. The fraction of sp³-hybridized carbons (Fsp3) is 0.312. The molecule has 0 unspecified atom stereocenters. The van der Waals surface area contributed by atoms with Gasteiger partial charge in [-0.3, -0.25) is 0 Å². The number of thioether (sulfide) groups is 1. The van der Waals surface area contributed by atoms with Gasteiger partial charge in [0.05, 0.1) is 6.21 Å². The predicted octanol–water partition coefficient (Wildman–Crippen LogP) is 4.98. The van der Waals surface area contributed by atoms with Crippen LogP contribution in [0.3, 0.4) is 0 Å². The molecule has 0 aliphatic carbocycles. The first kappa shape index (κ1) is 16.5. The lowest BCUT2D eigenvalue weighted by atomic mass is 10.1. The molecular weight excluding hydrogens is 306 g/mol. The van der Waals surface area contributed by atoms with E-state index in [1.54, 1.807) is 30.5 Å². The Labute approximate surface area is 132 Å². The number of nitrogens with one attached hydrogen (secondary N) is 1. The number of benzene rings is 1. The molecule has 0 bridgehead atoms. The minimum absolute atomic E-state index is 0.107. The van der Waals surface area contributed by atoms with Gasteiger partial charge in [0.2, 0.25) is 0 Å². The molecule has 1 heterocycles. The monoisotopic (exact) mass is 324 g/mol. The summed E-state index contributed by atoms with van der Waals surface area (Å²) >= 11 is 0.527. The van der Waals surface area contributed by atoms with Gasteiger partial charge in [0.1, 0.15) is 11.5 Å². The number of hydrogen-bond donors (Lipinski definition) is 1. The number of alkyl halides is 2. The Balaban J connectivity index is 2.05. The zero-order valence-corrected chi connectivity index (χ0v) is 13.5. The van der Waals surface area contributed by atoms with Crippen molar-refractivity contribution in [3.63, 3.8) is 0 Å². The van der Waals surface area contributed by atoms with Crippen LogP contribution < -0.4 is 5.43 Å². The van der Waals surface area contributed by atoms with Crippen LogP contribution in [0.15, 0.2) is 50.8 Å². The van der Waals surface area contributed by atoms with Crippen molar-refractivity contribution < 1.29 is 13.2 Å². The number of rotatable bonds is 5. The van der Waals surface area contributed by atoms with Gasteiger partial charge in [-0.2, -0.15) is 13.9 Å². The van der Waals surface area contributed by atoms with E-state index in [0.717, 1.165) is 5.56 Å². The van der Waals surface area contributed by atoms with Crippen molar-refractivity contribution in [2.45, 2.75) is 37.0 Å². The second-order valence-corrected chi connectivity index (χ2v) is 6.79. The predicted molar refractivity (Wildman–Crippen MR) is 86.5 cm³/mol. The van der Waals surface area contributed by atoms with Crippen LogP contribution >= 0.6 is 11.8 Å². The zero-order valence-electron chi connectivity index (χ0n) is 12.6. The van der Waals surface area contributed by atoms with Crippen LogP contribution in [0.2, 0.25) is 0 Å². The van der Waals surface area contributed by atoms with E-state index < -0.39 is 5.76 Å². The molecule has 0 spiro atoms. The lowest BCUT2D eigenvalue weighted by Gasteiger charge is -2.16. The summed E-state index contributed by atoms with van der Waals surface area (Å²) in [6.45, 7) is 6.03. The van der Waals surface area contributed by atoms with Gasteiger partial charge >= 0.3 is 0 Å². The Bertz CT molecular complexity index is 630. The van der Waals surface area contributed by atoms with Crippen molar-refractivity contribution in [2.24, 2.45) is 5.10 Å². The fourth-order valence-corrected chi connectivity index (χ4v) is 2.17. The number of hydrogen-bond acceptors (Lipinski definition) is 4. The topological polar surface area (TPSA) is 37.5 Å². The molecule has 0 fully saturated rings. The minimum atomic E-state index is -2.41. The smallest absolute Gasteiger partial charge is 0.288 e. The zero-order chi connectivity index (χ0) is 16.2. The van der Waals surface area contributed by atoms with E-state index in [1.807, 2.05) is 32.9 Å². The highest BCUT2D eigenvalue weighted by molar-refractivity contribution is 7.99. The van der Waals surface area contributed by atoms with Gasteiger partial charge < -0.3 is 9.84 Å². The Morgan fingerprint density at radius 1 is 1.14 bits per heavy atom.